The largest absolute Gasteiger partial charge is 0.433 e. The molecular weight excluding hydrogens is 277 g/mol. The van der Waals surface area contributed by atoms with Crippen molar-refractivity contribution in [3.05, 3.63) is 71.3 Å². The number of rotatable bonds is 1. The van der Waals surface area contributed by atoms with Crippen molar-refractivity contribution in [2.24, 2.45) is 0 Å². The quantitative estimate of drug-likeness (QED) is 0.792. The van der Waals surface area contributed by atoms with Crippen molar-refractivity contribution in [1.29, 1.82) is 0 Å². The number of alkyl halides is 3. The molecule has 21 heavy (non-hydrogen) atoms. The SMILES string of the molecule is Cc1cccc(C#C[C@@](O)(c2ccccc2)C(F)(F)F)c1. The summed E-state index contributed by atoms with van der Waals surface area (Å²) < 4.78 is 39.7. The number of hydrogen-bond acceptors (Lipinski definition) is 1. The smallest absolute Gasteiger partial charge is 0.366 e. The molecule has 0 aromatic heterocycles. The van der Waals surface area contributed by atoms with Gasteiger partial charge in [0.05, 0.1) is 0 Å². The van der Waals surface area contributed by atoms with E-state index in [1.54, 1.807) is 24.3 Å². The Labute approximate surface area is 121 Å². The molecule has 4 heteroatoms. The molecule has 0 heterocycles. The first kappa shape index (κ1) is 15.1. The van der Waals surface area contributed by atoms with Crippen molar-refractivity contribution in [3.63, 3.8) is 0 Å². The Morgan fingerprint density at radius 2 is 1.62 bits per heavy atom. The van der Waals surface area contributed by atoms with Crippen molar-refractivity contribution < 1.29 is 18.3 Å². The van der Waals surface area contributed by atoms with Gasteiger partial charge in [0, 0.05) is 11.1 Å². The zero-order valence-corrected chi connectivity index (χ0v) is 11.3. The maximum absolute atomic E-state index is 13.2. The van der Waals surface area contributed by atoms with E-state index in [0.717, 1.165) is 5.56 Å². The molecule has 0 aliphatic heterocycles. The predicted octanol–water partition coefficient (Wildman–Crippen LogP) is 3.80. The van der Waals surface area contributed by atoms with Gasteiger partial charge in [-0.2, -0.15) is 13.2 Å². The average molecular weight is 290 g/mol. The fourth-order valence-electron chi connectivity index (χ4n) is 1.87. The Morgan fingerprint density at radius 1 is 0.952 bits per heavy atom. The van der Waals surface area contributed by atoms with Gasteiger partial charge >= 0.3 is 6.18 Å². The first-order valence-corrected chi connectivity index (χ1v) is 6.27. The molecule has 0 saturated heterocycles. The normalized spacial score (nSPS) is 14.0. The van der Waals surface area contributed by atoms with E-state index < -0.39 is 11.8 Å². The molecule has 0 aliphatic carbocycles. The molecule has 108 valence electrons. The summed E-state index contributed by atoms with van der Waals surface area (Å²) in [5, 5.41) is 10.1. The highest BCUT2D eigenvalue weighted by Crippen LogP contribution is 2.38. The maximum Gasteiger partial charge on any atom is 0.433 e. The van der Waals surface area contributed by atoms with Crippen LogP contribution in [0.25, 0.3) is 0 Å². The Balaban J connectivity index is 2.49. The fourth-order valence-corrected chi connectivity index (χ4v) is 1.87. The summed E-state index contributed by atoms with van der Waals surface area (Å²) in [5.74, 6) is 4.39. The second-order valence-electron chi connectivity index (χ2n) is 4.69. The van der Waals surface area contributed by atoms with Crippen LogP contribution in [0.1, 0.15) is 16.7 Å². The summed E-state index contributed by atoms with van der Waals surface area (Å²) in [6.07, 6.45) is -4.88. The van der Waals surface area contributed by atoms with Crippen LogP contribution in [-0.4, -0.2) is 11.3 Å². The maximum atomic E-state index is 13.2. The van der Waals surface area contributed by atoms with Crippen LogP contribution < -0.4 is 0 Å². The van der Waals surface area contributed by atoms with Crippen LogP contribution >= 0.6 is 0 Å². The third-order valence-electron chi connectivity index (χ3n) is 3.01. The van der Waals surface area contributed by atoms with E-state index in [0.29, 0.717) is 5.56 Å². The van der Waals surface area contributed by atoms with Gasteiger partial charge in [-0.15, -0.1) is 0 Å². The number of hydrogen-bond donors (Lipinski definition) is 1. The first-order valence-electron chi connectivity index (χ1n) is 6.27. The van der Waals surface area contributed by atoms with Crippen LogP contribution in [0.15, 0.2) is 54.6 Å². The molecule has 0 bridgehead atoms. The molecule has 2 rings (SSSR count). The summed E-state index contributed by atoms with van der Waals surface area (Å²) in [6, 6.07) is 13.6. The Morgan fingerprint density at radius 3 is 2.19 bits per heavy atom. The Kier molecular flexibility index (Phi) is 4.06. The van der Waals surface area contributed by atoms with Gasteiger partial charge < -0.3 is 5.11 Å². The van der Waals surface area contributed by atoms with Crippen LogP contribution in [0.4, 0.5) is 13.2 Å². The van der Waals surface area contributed by atoms with E-state index in [-0.39, 0.29) is 5.56 Å². The zero-order valence-electron chi connectivity index (χ0n) is 11.3. The van der Waals surface area contributed by atoms with Crippen LogP contribution in [0.3, 0.4) is 0 Å². The summed E-state index contributed by atoms with van der Waals surface area (Å²) in [7, 11) is 0. The monoisotopic (exact) mass is 290 g/mol. The molecule has 2 aromatic rings. The molecular formula is C17H13F3O. The molecule has 0 aliphatic rings. The van der Waals surface area contributed by atoms with Gasteiger partial charge in [0.2, 0.25) is 5.60 Å². The molecule has 0 saturated carbocycles. The summed E-state index contributed by atoms with van der Waals surface area (Å²) in [5.41, 5.74) is -2.17. The van der Waals surface area contributed by atoms with Gasteiger partial charge in [0.25, 0.3) is 0 Å². The summed E-state index contributed by atoms with van der Waals surface area (Å²) in [6.45, 7) is 1.82. The molecule has 2 aromatic carbocycles. The van der Waals surface area contributed by atoms with Crippen molar-refractivity contribution in [2.45, 2.75) is 18.7 Å². The van der Waals surface area contributed by atoms with E-state index in [4.69, 9.17) is 0 Å². The van der Waals surface area contributed by atoms with Gasteiger partial charge in [-0.3, -0.25) is 0 Å². The molecule has 0 fully saturated rings. The van der Waals surface area contributed by atoms with Gasteiger partial charge in [0.1, 0.15) is 0 Å². The highest BCUT2D eigenvalue weighted by Gasteiger charge is 2.54. The fraction of sp³-hybridized carbons (Fsp3) is 0.176. The van der Waals surface area contributed by atoms with Crippen LogP contribution in [0, 0.1) is 18.8 Å². The van der Waals surface area contributed by atoms with Crippen LogP contribution in [-0.2, 0) is 5.60 Å². The topological polar surface area (TPSA) is 20.2 Å². The van der Waals surface area contributed by atoms with Crippen molar-refractivity contribution in [1.82, 2.24) is 0 Å². The molecule has 0 amide bonds. The third kappa shape index (κ3) is 3.26. The molecule has 1 nitrogen and oxygen atoms in total. The highest BCUT2D eigenvalue weighted by atomic mass is 19.4. The van der Waals surface area contributed by atoms with Gasteiger partial charge in [-0.25, -0.2) is 0 Å². The minimum atomic E-state index is -4.88. The molecule has 1 N–H and O–H groups in total. The minimum Gasteiger partial charge on any atom is -0.366 e. The first-order chi connectivity index (χ1) is 9.83. The molecule has 0 spiro atoms. The van der Waals surface area contributed by atoms with Crippen LogP contribution in [0.2, 0.25) is 0 Å². The Bertz CT molecular complexity index is 680. The lowest BCUT2D eigenvalue weighted by atomic mass is 9.93. The van der Waals surface area contributed by atoms with E-state index in [1.807, 2.05) is 18.9 Å². The highest BCUT2D eigenvalue weighted by molar-refractivity contribution is 5.42. The van der Waals surface area contributed by atoms with E-state index >= 15 is 0 Å². The minimum absolute atomic E-state index is 0.294. The zero-order chi connectivity index (χ0) is 15.5. The number of benzene rings is 2. The average Bonchev–Trinajstić information content (AvgIpc) is 2.44. The number of aliphatic hydroxyl groups is 1. The molecule has 0 unspecified atom stereocenters. The molecule has 0 radical (unpaired) electrons. The van der Waals surface area contributed by atoms with E-state index in [9.17, 15) is 18.3 Å². The summed E-state index contributed by atoms with van der Waals surface area (Å²) >= 11 is 0. The standard InChI is InChI=1S/C17H13F3O/c1-13-6-5-7-14(12-13)10-11-16(21,17(18,19)20)15-8-3-2-4-9-15/h2-9,12,21H,1H3/t16-/m1/s1. The lowest BCUT2D eigenvalue weighted by Gasteiger charge is -2.25. The van der Waals surface area contributed by atoms with Crippen molar-refractivity contribution in [2.75, 3.05) is 0 Å². The third-order valence-corrected chi connectivity index (χ3v) is 3.01. The lowest BCUT2D eigenvalue weighted by Crippen LogP contribution is -2.41. The van der Waals surface area contributed by atoms with Crippen molar-refractivity contribution >= 4 is 0 Å². The van der Waals surface area contributed by atoms with E-state index in [2.05, 4.69) is 5.92 Å². The van der Waals surface area contributed by atoms with Gasteiger partial charge in [0.15, 0.2) is 0 Å². The number of halogens is 3. The number of aryl methyl sites for hydroxylation is 1. The second-order valence-corrected chi connectivity index (χ2v) is 4.69. The summed E-state index contributed by atoms with van der Waals surface area (Å²) in [4.78, 5) is 0. The van der Waals surface area contributed by atoms with Crippen LogP contribution in [0.5, 0.6) is 0 Å². The Hall–Kier alpha value is -2.25. The van der Waals surface area contributed by atoms with Gasteiger partial charge in [-0.05, 0) is 30.5 Å². The van der Waals surface area contributed by atoms with Gasteiger partial charge in [-0.1, -0.05) is 48.4 Å². The van der Waals surface area contributed by atoms with E-state index in [1.165, 1.54) is 24.3 Å². The predicted molar refractivity (Wildman–Crippen MR) is 74.5 cm³/mol. The second kappa shape index (κ2) is 5.63. The molecule has 1 atom stereocenters. The lowest BCUT2D eigenvalue weighted by molar-refractivity contribution is -0.240. The van der Waals surface area contributed by atoms with Crippen molar-refractivity contribution in [3.8, 4) is 11.8 Å².